The molecule has 0 spiro atoms. The van der Waals surface area contributed by atoms with Crippen molar-refractivity contribution >= 4 is 47.9 Å². The molecule has 1 saturated heterocycles. The number of piperazine rings is 1. The Morgan fingerprint density at radius 2 is 1.62 bits per heavy atom. The second kappa shape index (κ2) is 12.1. The number of hydrogen-bond acceptors (Lipinski definition) is 4. The molecule has 0 atom stereocenters. The van der Waals surface area contributed by atoms with Gasteiger partial charge >= 0.3 is 6.03 Å². The van der Waals surface area contributed by atoms with Gasteiger partial charge in [0.15, 0.2) is 0 Å². The maximum absolute atomic E-state index is 13.1. The van der Waals surface area contributed by atoms with Crippen LogP contribution in [-0.2, 0) is 23.1 Å². The maximum Gasteiger partial charge on any atom is 0.317 e. The van der Waals surface area contributed by atoms with Gasteiger partial charge in [0.05, 0.1) is 4.90 Å². The summed E-state index contributed by atoms with van der Waals surface area (Å²) < 4.78 is 28.9. The lowest BCUT2D eigenvalue weighted by atomic mass is 9.98. The fraction of sp³-hybridized carbons (Fsp3) is 0.296. The molecule has 1 fully saturated rings. The lowest BCUT2D eigenvalue weighted by Gasteiger charge is -2.34. The van der Waals surface area contributed by atoms with Crippen LogP contribution >= 0.6 is 31.9 Å². The summed E-state index contributed by atoms with van der Waals surface area (Å²) in [5.74, 6) is 0. The zero-order valence-electron chi connectivity index (χ0n) is 20.8. The van der Waals surface area contributed by atoms with E-state index in [9.17, 15) is 13.2 Å². The molecule has 7 nitrogen and oxygen atoms in total. The molecule has 1 aliphatic heterocycles. The van der Waals surface area contributed by atoms with Crippen molar-refractivity contribution in [3.05, 3.63) is 86.8 Å². The Bertz CT molecular complexity index is 1360. The summed E-state index contributed by atoms with van der Waals surface area (Å²) in [5, 5.41) is 3.02. The quantitative estimate of drug-likeness (QED) is 0.384. The minimum atomic E-state index is -3.67. The first-order valence-corrected chi connectivity index (χ1v) is 15.0. The molecular weight excluding hydrogens is 620 g/mol. The van der Waals surface area contributed by atoms with Crippen molar-refractivity contribution in [1.29, 1.82) is 0 Å². The predicted octanol–water partition coefficient (Wildman–Crippen LogP) is 5.16. The predicted molar refractivity (Wildman–Crippen MR) is 154 cm³/mol. The number of nitrogens with zero attached hydrogens (tertiary/aromatic N) is 3. The molecule has 1 N–H and O–H groups in total. The molecule has 0 unspecified atom stereocenters. The van der Waals surface area contributed by atoms with Gasteiger partial charge in [-0.05, 0) is 70.5 Å². The summed E-state index contributed by atoms with van der Waals surface area (Å²) in [6.45, 7) is 2.40. The van der Waals surface area contributed by atoms with E-state index in [0.29, 0.717) is 28.6 Å². The number of nitrogens with one attached hydrogen (secondary N) is 1. The number of amides is 2. The van der Waals surface area contributed by atoms with E-state index in [2.05, 4.69) is 72.4 Å². The molecule has 0 saturated carbocycles. The van der Waals surface area contributed by atoms with Crippen LogP contribution < -0.4 is 5.32 Å². The highest BCUT2D eigenvalue weighted by atomic mass is 79.9. The van der Waals surface area contributed by atoms with Crippen molar-refractivity contribution in [2.45, 2.75) is 18.0 Å². The fourth-order valence-corrected chi connectivity index (χ4v) is 7.22. The smallest absolute Gasteiger partial charge is 0.317 e. The Morgan fingerprint density at radius 3 is 2.30 bits per heavy atom. The molecule has 3 aromatic carbocycles. The third-order valence-electron chi connectivity index (χ3n) is 6.25. The van der Waals surface area contributed by atoms with Crippen LogP contribution in [0.15, 0.2) is 80.6 Å². The van der Waals surface area contributed by atoms with Crippen LogP contribution in [0.2, 0.25) is 0 Å². The van der Waals surface area contributed by atoms with Crippen molar-refractivity contribution in [3.63, 3.8) is 0 Å². The Labute approximate surface area is 235 Å². The molecule has 196 valence electrons. The van der Waals surface area contributed by atoms with Gasteiger partial charge in [-0.25, -0.2) is 13.2 Å². The van der Waals surface area contributed by atoms with Crippen LogP contribution in [0.1, 0.15) is 11.1 Å². The van der Waals surface area contributed by atoms with Crippen molar-refractivity contribution in [3.8, 4) is 11.1 Å². The van der Waals surface area contributed by atoms with E-state index in [4.69, 9.17) is 0 Å². The molecule has 0 aliphatic carbocycles. The first-order chi connectivity index (χ1) is 17.6. The Balaban J connectivity index is 1.37. The second-order valence-corrected chi connectivity index (χ2v) is 12.9. The fourth-order valence-electron chi connectivity index (χ4n) is 4.34. The Kier molecular flexibility index (Phi) is 9.07. The van der Waals surface area contributed by atoms with Crippen LogP contribution in [0.3, 0.4) is 0 Å². The van der Waals surface area contributed by atoms with Crippen LogP contribution in [0.4, 0.5) is 4.79 Å². The molecule has 1 heterocycles. The third-order valence-corrected chi connectivity index (χ3v) is 9.63. The van der Waals surface area contributed by atoms with Crippen LogP contribution in [0.5, 0.6) is 0 Å². The maximum atomic E-state index is 13.1. The number of urea groups is 1. The minimum Gasteiger partial charge on any atom is -0.334 e. The van der Waals surface area contributed by atoms with Crippen molar-refractivity contribution in [1.82, 2.24) is 19.4 Å². The molecule has 2 amide bonds. The third kappa shape index (κ3) is 6.80. The number of carbonyl (C=O) groups excluding carboxylic acids is 1. The van der Waals surface area contributed by atoms with Gasteiger partial charge in [0.25, 0.3) is 0 Å². The number of benzene rings is 3. The summed E-state index contributed by atoms with van der Waals surface area (Å²) in [5.41, 5.74) is 4.45. The number of rotatable bonds is 7. The van der Waals surface area contributed by atoms with E-state index >= 15 is 0 Å². The zero-order valence-corrected chi connectivity index (χ0v) is 24.8. The minimum absolute atomic E-state index is 0.197. The van der Waals surface area contributed by atoms with Crippen molar-refractivity contribution in [2.24, 2.45) is 0 Å². The van der Waals surface area contributed by atoms with E-state index < -0.39 is 10.0 Å². The number of hydrogen-bond donors (Lipinski definition) is 1. The van der Waals surface area contributed by atoms with Crippen molar-refractivity contribution < 1.29 is 13.2 Å². The Hall–Kier alpha value is -2.24. The Morgan fingerprint density at radius 1 is 0.946 bits per heavy atom. The first kappa shape index (κ1) is 27.8. The van der Waals surface area contributed by atoms with E-state index in [-0.39, 0.29) is 24.0 Å². The van der Waals surface area contributed by atoms with Gasteiger partial charge in [-0.15, -0.1) is 0 Å². The molecule has 0 radical (unpaired) electrons. The van der Waals surface area contributed by atoms with Crippen molar-refractivity contribution in [2.75, 3.05) is 40.3 Å². The summed E-state index contributed by atoms with van der Waals surface area (Å²) in [6, 6.07) is 21.4. The second-order valence-electron chi connectivity index (χ2n) is 9.22. The summed E-state index contributed by atoms with van der Waals surface area (Å²) >= 11 is 6.69. The number of sulfonamides is 1. The molecular formula is C27H30Br2N4O3S. The molecule has 0 aromatic heterocycles. The SMILES string of the molecule is CN(C)Cc1ccc(-c2ccccc2CNC(=O)N2CCN(S(=O)(=O)c3cc(Br)ccc3Br)CC2)cc1. The summed E-state index contributed by atoms with van der Waals surface area (Å²) in [4.78, 5) is 16.9. The van der Waals surface area contributed by atoms with Crippen LogP contribution in [0, 0.1) is 0 Å². The van der Waals surface area contributed by atoms with Gasteiger partial charge < -0.3 is 15.1 Å². The number of halogens is 2. The highest BCUT2D eigenvalue weighted by Crippen LogP contribution is 2.29. The van der Waals surface area contributed by atoms with E-state index in [0.717, 1.165) is 23.2 Å². The van der Waals surface area contributed by atoms with E-state index in [1.807, 2.05) is 32.3 Å². The molecule has 0 bridgehead atoms. The van der Waals surface area contributed by atoms with Crippen LogP contribution in [-0.4, -0.2) is 68.8 Å². The highest BCUT2D eigenvalue weighted by Gasteiger charge is 2.31. The largest absolute Gasteiger partial charge is 0.334 e. The van der Waals surface area contributed by atoms with Gasteiger partial charge in [0.2, 0.25) is 10.0 Å². The molecule has 37 heavy (non-hydrogen) atoms. The standard InChI is InChI=1S/C27H30Br2N4O3S/c1-31(2)19-20-7-9-21(10-8-20)24-6-4-3-5-22(24)18-30-27(34)32-13-15-33(16-14-32)37(35,36)26-17-23(28)11-12-25(26)29/h3-12,17H,13-16,18-19H2,1-2H3,(H,30,34). The topological polar surface area (TPSA) is 73.0 Å². The van der Waals surface area contributed by atoms with Gasteiger partial charge in [-0.3, -0.25) is 0 Å². The molecule has 3 aromatic rings. The van der Waals surface area contributed by atoms with Crippen LogP contribution in [0.25, 0.3) is 11.1 Å². The van der Waals surface area contributed by atoms with Gasteiger partial charge in [-0.1, -0.05) is 64.5 Å². The summed E-state index contributed by atoms with van der Waals surface area (Å²) in [6.07, 6.45) is 0. The normalized spacial score (nSPS) is 14.7. The number of carbonyl (C=O) groups is 1. The molecule has 10 heteroatoms. The average molecular weight is 650 g/mol. The van der Waals surface area contributed by atoms with Gasteiger partial charge in [-0.2, -0.15) is 4.31 Å². The lowest BCUT2D eigenvalue weighted by Crippen LogP contribution is -2.53. The first-order valence-electron chi connectivity index (χ1n) is 11.9. The zero-order chi connectivity index (χ0) is 26.6. The molecule has 4 rings (SSSR count). The van der Waals surface area contributed by atoms with Gasteiger partial charge in [0, 0.05) is 48.2 Å². The summed E-state index contributed by atoms with van der Waals surface area (Å²) in [7, 11) is 0.425. The monoisotopic (exact) mass is 648 g/mol. The lowest BCUT2D eigenvalue weighted by molar-refractivity contribution is 0.172. The van der Waals surface area contributed by atoms with E-state index in [1.165, 1.54) is 9.87 Å². The van der Waals surface area contributed by atoms with Gasteiger partial charge in [0.1, 0.15) is 0 Å². The van der Waals surface area contributed by atoms with E-state index in [1.54, 1.807) is 23.1 Å². The average Bonchev–Trinajstić information content (AvgIpc) is 2.89. The highest BCUT2D eigenvalue weighted by molar-refractivity contribution is 9.11. The molecule has 1 aliphatic rings.